The van der Waals surface area contributed by atoms with Crippen LogP contribution in [0.2, 0.25) is 0 Å². The number of nitrogens with one attached hydrogen (secondary N) is 1. The highest BCUT2D eigenvalue weighted by Gasteiger charge is 2.18. The van der Waals surface area contributed by atoms with E-state index in [4.69, 9.17) is 4.74 Å². The minimum absolute atomic E-state index is 0.463. The van der Waals surface area contributed by atoms with E-state index in [0.717, 1.165) is 18.7 Å². The van der Waals surface area contributed by atoms with Crippen LogP contribution < -0.4 is 5.32 Å². The third-order valence-corrected chi connectivity index (χ3v) is 2.05. The molecule has 4 heteroatoms. The van der Waals surface area contributed by atoms with E-state index in [9.17, 15) is 4.79 Å². The van der Waals surface area contributed by atoms with Crippen LogP contribution in [0.1, 0.15) is 34.1 Å². The zero-order valence-corrected chi connectivity index (χ0v) is 9.96. The monoisotopic (exact) mass is 212 g/mol. The van der Waals surface area contributed by atoms with E-state index in [0.29, 0.717) is 12.5 Å². The molecular formula is C11H20N2O2. The normalized spacial score (nSPS) is 25.3. The Balaban J connectivity index is 2.51. The van der Waals surface area contributed by atoms with Crippen LogP contribution in [0.4, 0.5) is 4.79 Å². The van der Waals surface area contributed by atoms with Gasteiger partial charge in [-0.05, 0) is 39.7 Å². The summed E-state index contributed by atoms with van der Waals surface area (Å²) in [5.74, 6) is 0.542. The van der Waals surface area contributed by atoms with Crippen molar-refractivity contribution in [2.24, 2.45) is 10.9 Å². The summed E-state index contributed by atoms with van der Waals surface area (Å²) in [6, 6.07) is 0. The van der Waals surface area contributed by atoms with Crippen LogP contribution >= 0.6 is 0 Å². The Labute approximate surface area is 91.1 Å². The fourth-order valence-corrected chi connectivity index (χ4v) is 1.51. The number of ether oxygens (including phenoxy) is 1. The summed E-state index contributed by atoms with van der Waals surface area (Å²) in [6.07, 6.45) is 0.403. The van der Waals surface area contributed by atoms with Gasteiger partial charge in [0.05, 0.1) is 0 Å². The van der Waals surface area contributed by atoms with Crippen LogP contribution in [-0.4, -0.2) is 30.5 Å². The standard InChI is InChI=1S/C11H20N2O2/c1-8-5-9(7-12-6-8)13-10(14)15-11(2,3)4/h8,12H,5-7H2,1-4H3/t8-/m0/s1. The third kappa shape index (κ3) is 4.93. The lowest BCUT2D eigenvalue weighted by Gasteiger charge is -2.21. The van der Waals surface area contributed by atoms with Crippen molar-refractivity contribution in [2.45, 2.75) is 39.7 Å². The van der Waals surface area contributed by atoms with E-state index in [1.807, 2.05) is 20.8 Å². The highest BCUT2D eigenvalue weighted by Crippen LogP contribution is 2.11. The van der Waals surface area contributed by atoms with E-state index in [-0.39, 0.29) is 0 Å². The maximum atomic E-state index is 11.4. The molecule has 0 bridgehead atoms. The van der Waals surface area contributed by atoms with Gasteiger partial charge in [0.25, 0.3) is 0 Å². The largest absolute Gasteiger partial charge is 0.442 e. The molecule has 0 aliphatic carbocycles. The minimum Gasteiger partial charge on any atom is -0.442 e. The number of piperidine rings is 1. The first-order valence-corrected chi connectivity index (χ1v) is 5.37. The molecule has 0 radical (unpaired) electrons. The summed E-state index contributed by atoms with van der Waals surface area (Å²) in [4.78, 5) is 15.4. The summed E-state index contributed by atoms with van der Waals surface area (Å²) in [5, 5.41) is 3.21. The second kappa shape index (κ2) is 4.75. The lowest BCUT2D eigenvalue weighted by atomic mass is 10.0. The maximum Gasteiger partial charge on any atom is 0.434 e. The maximum absolute atomic E-state index is 11.4. The fraction of sp³-hybridized carbons (Fsp3) is 0.818. The van der Waals surface area contributed by atoms with Crippen molar-refractivity contribution < 1.29 is 9.53 Å². The summed E-state index contributed by atoms with van der Waals surface area (Å²) in [6.45, 7) is 9.35. The molecule has 0 spiro atoms. The molecule has 0 aromatic rings. The van der Waals surface area contributed by atoms with Gasteiger partial charge in [-0.3, -0.25) is 0 Å². The van der Waals surface area contributed by atoms with Crippen LogP contribution in [0.25, 0.3) is 0 Å². The van der Waals surface area contributed by atoms with Gasteiger partial charge >= 0.3 is 6.09 Å². The molecule has 0 unspecified atom stereocenters. The van der Waals surface area contributed by atoms with Crippen molar-refractivity contribution in [2.75, 3.05) is 13.1 Å². The molecule has 1 rings (SSSR count). The van der Waals surface area contributed by atoms with Crippen LogP contribution in [0.5, 0.6) is 0 Å². The smallest absolute Gasteiger partial charge is 0.434 e. The molecule has 4 nitrogen and oxygen atoms in total. The van der Waals surface area contributed by atoms with E-state index in [2.05, 4.69) is 17.2 Å². The topological polar surface area (TPSA) is 50.7 Å². The number of hydrogen-bond acceptors (Lipinski definition) is 3. The Morgan fingerprint density at radius 1 is 1.53 bits per heavy atom. The first kappa shape index (κ1) is 12.2. The van der Waals surface area contributed by atoms with Crippen molar-refractivity contribution in [1.29, 1.82) is 0 Å². The molecule has 1 aliphatic rings. The van der Waals surface area contributed by atoms with E-state index >= 15 is 0 Å². The van der Waals surface area contributed by atoms with Crippen LogP contribution in [0, 0.1) is 5.92 Å². The highest BCUT2D eigenvalue weighted by molar-refractivity contribution is 5.95. The first-order chi connectivity index (χ1) is 6.87. The quantitative estimate of drug-likeness (QED) is 0.668. The fourth-order valence-electron chi connectivity index (χ4n) is 1.51. The molecule has 1 aliphatic heterocycles. The van der Waals surface area contributed by atoms with Crippen LogP contribution in [0.15, 0.2) is 4.99 Å². The van der Waals surface area contributed by atoms with Gasteiger partial charge in [0, 0.05) is 12.3 Å². The summed E-state index contributed by atoms with van der Waals surface area (Å²) in [5.41, 5.74) is 0.428. The zero-order chi connectivity index (χ0) is 11.5. The second-order valence-corrected chi connectivity index (χ2v) is 5.10. The first-order valence-electron chi connectivity index (χ1n) is 5.37. The predicted molar refractivity (Wildman–Crippen MR) is 60.3 cm³/mol. The average Bonchev–Trinajstić information content (AvgIpc) is 1.99. The Hall–Kier alpha value is -0.900. The number of amides is 1. The van der Waals surface area contributed by atoms with Crippen LogP contribution in [-0.2, 0) is 4.74 Å². The molecule has 0 aromatic heterocycles. The van der Waals surface area contributed by atoms with Gasteiger partial charge in [-0.15, -0.1) is 0 Å². The van der Waals surface area contributed by atoms with Gasteiger partial charge in [0.15, 0.2) is 0 Å². The molecule has 15 heavy (non-hydrogen) atoms. The molecule has 0 aromatic carbocycles. The number of carbonyl (C=O) groups excluding carboxylic acids is 1. The molecule has 0 saturated carbocycles. The second-order valence-electron chi connectivity index (χ2n) is 5.10. The molecule has 1 N–H and O–H groups in total. The summed E-state index contributed by atoms with van der Waals surface area (Å²) < 4.78 is 5.12. The number of rotatable bonds is 0. The van der Waals surface area contributed by atoms with E-state index in [1.165, 1.54) is 0 Å². The molecule has 1 atom stereocenters. The molecule has 1 heterocycles. The van der Waals surface area contributed by atoms with Crippen molar-refractivity contribution in [3.05, 3.63) is 0 Å². The molecule has 86 valence electrons. The van der Waals surface area contributed by atoms with Gasteiger partial charge < -0.3 is 10.1 Å². The average molecular weight is 212 g/mol. The number of hydrogen-bond donors (Lipinski definition) is 1. The zero-order valence-electron chi connectivity index (χ0n) is 9.96. The third-order valence-electron chi connectivity index (χ3n) is 2.05. The van der Waals surface area contributed by atoms with Crippen molar-refractivity contribution in [1.82, 2.24) is 5.32 Å². The molecule has 1 saturated heterocycles. The summed E-state index contributed by atoms with van der Waals surface area (Å²) in [7, 11) is 0. The summed E-state index contributed by atoms with van der Waals surface area (Å²) >= 11 is 0. The SMILES string of the molecule is C[C@@H]1CNCC(=NC(=O)OC(C)(C)C)C1. The van der Waals surface area contributed by atoms with Crippen LogP contribution in [0.3, 0.4) is 0 Å². The van der Waals surface area contributed by atoms with Gasteiger partial charge in [-0.25, -0.2) is 4.79 Å². The van der Waals surface area contributed by atoms with Crippen molar-refractivity contribution in [3.63, 3.8) is 0 Å². The molecule has 1 fully saturated rings. The Morgan fingerprint density at radius 3 is 2.73 bits per heavy atom. The molecular weight excluding hydrogens is 192 g/mol. The Bertz CT molecular complexity index is 266. The Morgan fingerprint density at radius 2 is 2.20 bits per heavy atom. The van der Waals surface area contributed by atoms with Gasteiger partial charge in [-0.2, -0.15) is 4.99 Å². The Kier molecular flexibility index (Phi) is 3.85. The van der Waals surface area contributed by atoms with Gasteiger partial charge in [0.2, 0.25) is 0 Å². The number of aliphatic imine (C=N–C) groups is 1. The molecule has 1 amide bonds. The van der Waals surface area contributed by atoms with Crippen molar-refractivity contribution >= 4 is 11.8 Å². The number of nitrogens with zero attached hydrogens (tertiary/aromatic N) is 1. The lowest BCUT2D eigenvalue weighted by molar-refractivity contribution is 0.0603. The predicted octanol–water partition coefficient (Wildman–Crippen LogP) is 1.99. The van der Waals surface area contributed by atoms with Gasteiger partial charge in [-0.1, -0.05) is 6.92 Å². The van der Waals surface area contributed by atoms with Gasteiger partial charge in [0.1, 0.15) is 5.60 Å². The minimum atomic E-state index is -0.478. The lowest BCUT2D eigenvalue weighted by Crippen LogP contribution is -2.36. The highest BCUT2D eigenvalue weighted by atomic mass is 16.6. The van der Waals surface area contributed by atoms with E-state index < -0.39 is 11.7 Å². The number of carbonyl (C=O) groups is 1. The van der Waals surface area contributed by atoms with E-state index in [1.54, 1.807) is 0 Å². The van der Waals surface area contributed by atoms with Crippen molar-refractivity contribution in [3.8, 4) is 0 Å².